The quantitative estimate of drug-likeness (QED) is 0.608. The summed E-state index contributed by atoms with van der Waals surface area (Å²) in [5.74, 6) is 0.827. The van der Waals surface area contributed by atoms with Gasteiger partial charge < -0.3 is 9.47 Å². The zero-order valence-electron chi connectivity index (χ0n) is 16.2. The molecule has 29 heavy (non-hydrogen) atoms. The molecule has 0 saturated heterocycles. The summed E-state index contributed by atoms with van der Waals surface area (Å²) in [7, 11) is 0. The number of nitrogens with zero attached hydrogens (tertiary/aromatic N) is 4. The van der Waals surface area contributed by atoms with E-state index in [1.807, 2.05) is 6.07 Å². The van der Waals surface area contributed by atoms with Gasteiger partial charge in [0.05, 0.1) is 5.56 Å². The van der Waals surface area contributed by atoms with Crippen molar-refractivity contribution in [2.24, 2.45) is 0 Å². The molecular formula is C23H23BrN4O. The van der Waals surface area contributed by atoms with E-state index < -0.39 is 0 Å². The van der Waals surface area contributed by atoms with Crippen LogP contribution in [0.5, 0.6) is 0 Å². The van der Waals surface area contributed by atoms with E-state index in [-0.39, 0.29) is 5.56 Å². The molecule has 0 atom stereocenters. The van der Waals surface area contributed by atoms with Gasteiger partial charge in [-0.25, -0.2) is 0 Å². The molecule has 0 radical (unpaired) electrons. The van der Waals surface area contributed by atoms with E-state index in [2.05, 4.69) is 83.8 Å². The van der Waals surface area contributed by atoms with Gasteiger partial charge in [-0.3, -0.25) is 9.69 Å². The maximum atomic E-state index is 12.9. The lowest BCUT2D eigenvalue weighted by Crippen LogP contribution is -2.37. The second-order valence-electron chi connectivity index (χ2n) is 7.79. The smallest absolute Gasteiger partial charge is 0.279 e. The number of rotatable bonds is 4. The van der Waals surface area contributed by atoms with E-state index in [0.717, 1.165) is 55.1 Å². The Morgan fingerprint density at radius 3 is 2.45 bits per heavy atom. The molecule has 2 aliphatic heterocycles. The normalized spacial score (nSPS) is 16.0. The fourth-order valence-corrected chi connectivity index (χ4v) is 4.64. The average molecular weight is 451 g/mol. The summed E-state index contributed by atoms with van der Waals surface area (Å²) in [5.41, 5.74) is 4.50. The van der Waals surface area contributed by atoms with Crippen LogP contribution >= 0.6 is 15.9 Å². The third-order valence-corrected chi connectivity index (χ3v) is 6.36. The number of anilines is 1. The summed E-state index contributed by atoms with van der Waals surface area (Å²) in [5, 5.41) is 0. The summed E-state index contributed by atoms with van der Waals surface area (Å²) >= 11 is 3.48. The molecule has 0 saturated carbocycles. The summed E-state index contributed by atoms with van der Waals surface area (Å²) in [6, 6.07) is 18.8. The molecule has 0 N–H and O–H groups in total. The minimum Gasteiger partial charge on any atom is -0.336 e. The van der Waals surface area contributed by atoms with Gasteiger partial charge in [0.1, 0.15) is 0 Å². The van der Waals surface area contributed by atoms with Gasteiger partial charge in [-0.05, 0) is 23.3 Å². The van der Waals surface area contributed by atoms with Gasteiger partial charge in [0.25, 0.3) is 5.56 Å². The van der Waals surface area contributed by atoms with Crippen LogP contribution in [0.4, 0.5) is 5.95 Å². The van der Waals surface area contributed by atoms with Crippen molar-refractivity contribution in [1.29, 1.82) is 0 Å². The standard InChI is InChI=1S/C23H23BrN4O/c24-19-8-6-18(7-9-19)15-27-12-13-28-21-10-11-26(14-17-4-2-1-3-5-17)16-20(21)22(29)25-23(27)28/h1-9H,10-16H2. The Hall–Kier alpha value is -2.44. The fourth-order valence-electron chi connectivity index (χ4n) is 4.37. The van der Waals surface area contributed by atoms with Crippen LogP contribution in [0.25, 0.3) is 0 Å². The fraction of sp³-hybridized carbons (Fsp3) is 0.304. The van der Waals surface area contributed by atoms with Crippen molar-refractivity contribution in [2.75, 3.05) is 18.0 Å². The summed E-state index contributed by atoms with van der Waals surface area (Å²) < 4.78 is 3.35. The first-order valence-electron chi connectivity index (χ1n) is 10.1. The van der Waals surface area contributed by atoms with Gasteiger partial charge >= 0.3 is 0 Å². The Kier molecular flexibility index (Phi) is 4.97. The molecule has 148 valence electrons. The lowest BCUT2D eigenvalue weighted by molar-refractivity contribution is 0.239. The predicted molar refractivity (Wildman–Crippen MR) is 118 cm³/mol. The Morgan fingerprint density at radius 2 is 1.66 bits per heavy atom. The van der Waals surface area contributed by atoms with Crippen LogP contribution in [0.2, 0.25) is 0 Å². The molecule has 0 fully saturated rings. The van der Waals surface area contributed by atoms with Crippen LogP contribution < -0.4 is 10.5 Å². The van der Waals surface area contributed by atoms with Gasteiger partial charge in [0.2, 0.25) is 5.95 Å². The maximum Gasteiger partial charge on any atom is 0.279 e. The summed E-state index contributed by atoms with van der Waals surface area (Å²) in [6.45, 7) is 5.10. The molecule has 2 aromatic carbocycles. The van der Waals surface area contributed by atoms with Crippen molar-refractivity contribution in [3.05, 3.63) is 91.8 Å². The predicted octanol–water partition coefficient (Wildman–Crippen LogP) is 3.58. The molecule has 0 aliphatic carbocycles. The minimum atomic E-state index is -0.0632. The van der Waals surface area contributed by atoms with E-state index in [1.54, 1.807) is 0 Å². The number of hydrogen-bond acceptors (Lipinski definition) is 4. The van der Waals surface area contributed by atoms with Crippen LogP contribution in [0.3, 0.4) is 0 Å². The van der Waals surface area contributed by atoms with Crippen molar-refractivity contribution < 1.29 is 0 Å². The zero-order chi connectivity index (χ0) is 19.8. The number of aromatic nitrogens is 2. The molecule has 0 spiro atoms. The highest BCUT2D eigenvalue weighted by Crippen LogP contribution is 2.27. The summed E-state index contributed by atoms with van der Waals surface area (Å²) in [6.07, 6.45) is 0.902. The van der Waals surface area contributed by atoms with Crippen LogP contribution in [-0.2, 0) is 32.6 Å². The lowest BCUT2D eigenvalue weighted by atomic mass is 10.1. The first-order chi connectivity index (χ1) is 14.2. The highest BCUT2D eigenvalue weighted by atomic mass is 79.9. The van der Waals surface area contributed by atoms with Crippen molar-refractivity contribution in [3.63, 3.8) is 0 Å². The first-order valence-corrected chi connectivity index (χ1v) is 10.8. The Balaban J connectivity index is 1.38. The third kappa shape index (κ3) is 3.74. The topological polar surface area (TPSA) is 41.4 Å². The van der Waals surface area contributed by atoms with Gasteiger partial charge in [-0.2, -0.15) is 4.98 Å². The molecule has 3 aromatic rings. The van der Waals surface area contributed by atoms with Gasteiger partial charge in [-0.1, -0.05) is 58.4 Å². The molecule has 2 aliphatic rings. The van der Waals surface area contributed by atoms with Gasteiger partial charge in [0.15, 0.2) is 0 Å². The van der Waals surface area contributed by atoms with Crippen molar-refractivity contribution in [3.8, 4) is 0 Å². The monoisotopic (exact) mass is 450 g/mol. The Labute approximate surface area is 178 Å². The van der Waals surface area contributed by atoms with Crippen molar-refractivity contribution >= 4 is 21.9 Å². The molecule has 3 heterocycles. The van der Waals surface area contributed by atoms with Gasteiger partial charge in [0, 0.05) is 55.9 Å². The second kappa shape index (κ2) is 7.76. The highest BCUT2D eigenvalue weighted by Gasteiger charge is 2.29. The molecule has 5 rings (SSSR count). The molecule has 0 bridgehead atoms. The molecule has 5 nitrogen and oxygen atoms in total. The number of fused-ring (bicyclic) bond motifs is 3. The molecule has 6 heteroatoms. The molecule has 0 unspecified atom stereocenters. The van der Waals surface area contributed by atoms with E-state index in [0.29, 0.717) is 6.54 Å². The maximum absolute atomic E-state index is 12.9. The lowest BCUT2D eigenvalue weighted by Gasteiger charge is -2.30. The van der Waals surface area contributed by atoms with Crippen LogP contribution in [0.15, 0.2) is 63.9 Å². The molecule has 0 amide bonds. The van der Waals surface area contributed by atoms with Crippen LogP contribution in [0, 0.1) is 0 Å². The van der Waals surface area contributed by atoms with Crippen LogP contribution in [0.1, 0.15) is 22.4 Å². The van der Waals surface area contributed by atoms with E-state index >= 15 is 0 Å². The van der Waals surface area contributed by atoms with Gasteiger partial charge in [-0.15, -0.1) is 0 Å². The number of halogens is 1. The zero-order valence-corrected chi connectivity index (χ0v) is 17.8. The van der Waals surface area contributed by atoms with Crippen molar-refractivity contribution in [1.82, 2.24) is 14.5 Å². The minimum absolute atomic E-state index is 0.0632. The Morgan fingerprint density at radius 1 is 0.897 bits per heavy atom. The summed E-state index contributed by atoms with van der Waals surface area (Å²) in [4.78, 5) is 22.0. The Bertz CT molecular complexity index is 1080. The molecule has 1 aromatic heterocycles. The SMILES string of the molecule is O=c1nc2n(c3c1CN(Cc1ccccc1)CC3)CCN2Cc1ccc(Br)cc1. The number of hydrogen-bond donors (Lipinski definition) is 0. The van der Waals surface area contributed by atoms with Crippen molar-refractivity contribution in [2.45, 2.75) is 32.6 Å². The highest BCUT2D eigenvalue weighted by molar-refractivity contribution is 9.10. The van der Waals surface area contributed by atoms with Crippen LogP contribution in [-0.4, -0.2) is 27.5 Å². The number of benzene rings is 2. The van der Waals surface area contributed by atoms with E-state index in [9.17, 15) is 4.79 Å². The largest absolute Gasteiger partial charge is 0.336 e. The second-order valence-corrected chi connectivity index (χ2v) is 8.70. The molecular weight excluding hydrogens is 428 g/mol. The first kappa shape index (κ1) is 18.6. The van der Waals surface area contributed by atoms with E-state index in [1.165, 1.54) is 16.8 Å². The van der Waals surface area contributed by atoms with E-state index in [4.69, 9.17) is 0 Å². The third-order valence-electron chi connectivity index (χ3n) is 5.83. The average Bonchev–Trinajstić information content (AvgIpc) is 3.13.